The molecule has 2 aromatic rings. The largest absolute Gasteiger partial charge is 0.322 e. The van der Waals surface area contributed by atoms with Crippen molar-refractivity contribution < 1.29 is 0 Å². The molecule has 90 valence electrons. The van der Waals surface area contributed by atoms with Crippen LogP contribution in [0.25, 0.3) is 0 Å². The van der Waals surface area contributed by atoms with E-state index in [1.807, 2.05) is 36.1 Å². The molecule has 2 aromatic heterocycles. The van der Waals surface area contributed by atoms with Gasteiger partial charge in [0.15, 0.2) is 0 Å². The topological polar surface area (TPSA) is 56.7 Å². The fraction of sp³-hybridized carbons (Fsp3) is 0.385. The van der Waals surface area contributed by atoms with Crippen LogP contribution in [0.3, 0.4) is 0 Å². The molecule has 17 heavy (non-hydrogen) atoms. The number of rotatable bonds is 4. The summed E-state index contributed by atoms with van der Waals surface area (Å²) in [6.07, 6.45) is 6.48. The summed E-state index contributed by atoms with van der Waals surface area (Å²) in [6.45, 7) is 5.00. The first-order chi connectivity index (χ1) is 8.20. The molecule has 0 aliphatic heterocycles. The van der Waals surface area contributed by atoms with E-state index < -0.39 is 0 Å². The number of nitrogens with two attached hydrogens (primary N) is 1. The molecule has 1 atom stereocenters. The number of hydrogen-bond donors (Lipinski definition) is 1. The number of pyridine rings is 1. The van der Waals surface area contributed by atoms with Crippen molar-refractivity contribution in [3.8, 4) is 0 Å². The summed E-state index contributed by atoms with van der Waals surface area (Å²) >= 11 is 0. The molecule has 0 aliphatic carbocycles. The lowest BCUT2D eigenvalue weighted by atomic mass is 10.0. The molecular formula is C13H18N4. The summed E-state index contributed by atoms with van der Waals surface area (Å²) in [5, 5.41) is 4.24. The molecule has 4 nitrogen and oxygen atoms in total. The zero-order valence-corrected chi connectivity index (χ0v) is 10.3. The fourth-order valence-corrected chi connectivity index (χ4v) is 1.92. The van der Waals surface area contributed by atoms with Gasteiger partial charge in [0.2, 0.25) is 0 Å². The SMILES string of the molecule is CCn1cc(CC(N)c2ncccc2C)cn1. The van der Waals surface area contributed by atoms with Crippen LogP contribution in [-0.2, 0) is 13.0 Å². The molecule has 0 aromatic carbocycles. The molecular weight excluding hydrogens is 212 g/mol. The molecule has 0 saturated carbocycles. The van der Waals surface area contributed by atoms with Crippen LogP contribution in [0.2, 0.25) is 0 Å². The summed E-state index contributed by atoms with van der Waals surface area (Å²) in [7, 11) is 0. The molecule has 0 radical (unpaired) electrons. The van der Waals surface area contributed by atoms with Gasteiger partial charge in [0.05, 0.1) is 17.9 Å². The lowest BCUT2D eigenvalue weighted by molar-refractivity contribution is 0.655. The van der Waals surface area contributed by atoms with E-state index in [1.165, 1.54) is 0 Å². The Morgan fingerprint density at radius 2 is 2.29 bits per heavy atom. The quantitative estimate of drug-likeness (QED) is 0.872. The molecule has 2 rings (SSSR count). The van der Waals surface area contributed by atoms with Crippen molar-refractivity contribution in [2.24, 2.45) is 5.73 Å². The van der Waals surface area contributed by atoms with Gasteiger partial charge >= 0.3 is 0 Å². The summed E-state index contributed by atoms with van der Waals surface area (Å²) in [5.74, 6) is 0. The maximum absolute atomic E-state index is 6.18. The highest BCUT2D eigenvalue weighted by Gasteiger charge is 2.11. The minimum Gasteiger partial charge on any atom is -0.322 e. The highest BCUT2D eigenvalue weighted by atomic mass is 15.3. The predicted molar refractivity (Wildman–Crippen MR) is 67.5 cm³/mol. The van der Waals surface area contributed by atoms with E-state index in [1.54, 1.807) is 6.20 Å². The van der Waals surface area contributed by atoms with Crippen LogP contribution in [0.15, 0.2) is 30.7 Å². The second kappa shape index (κ2) is 5.10. The second-order valence-corrected chi connectivity index (χ2v) is 4.22. The first-order valence-corrected chi connectivity index (χ1v) is 5.89. The number of hydrogen-bond acceptors (Lipinski definition) is 3. The first-order valence-electron chi connectivity index (χ1n) is 5.89. The zero-order chi connectivity index (χ0) is 12.3. The van der Waals surface area contributed by atoms with E-state index in [9.17, 15) is 0 Å². The summed E-state index contributed by atoms with van der Waals surface area (Å²) in [5.41, 5.74) is 9.45. The monoisotopic (exact) mass is 230 g/mol. The van der Waals surface area contributed by atoms with Gasteiger partial charge in [-0.25, -0.2) is 0 Å². The van der Waals surface area contributed by atoms with Crippen LogP contribution < -0.4 is 5.73 Å². The van der Waals surface area contributed by atoms with E-state index >= 15 is 0 Å². The van der Waals surface area contributed by atoms with E-state index in [4.69, 9.17) is 5.73 Å². The van der Waals surface area contributed by atoms with Gasteiger partial charge in [0.25, 0.3) is 0 Å². The molecule has 0 spiro atoms. The van der Waals surface area contributed by atoms with E-state index in [-0.39, 0.29) is 6.04 Å². The fourth-order valence-electron chi connectivity index (χ4n) is 1.92. The van der Waals surface area contributed by atoms with Crippen LogP contribution in [0.4, 0.5) is 0 Å². The van der Waals surface area contributed by atoms with Crippen LogP contribution in [0.1, 0.15) is 29.8 Å². The van der Waals surface area contributed by atoms with Crippen molar-refractivity contribution in [2.45, 2.75) is 32.9 Å². The molecule has 0 saturated heterocycles. The van der Waals surface area contributed by atoms with E-state index in [0.717, 1.165) is 29.8 Å². The average Bonchev–Trinajstić information content (AvgIpc) is 2.77. The second-order valence-electron chi connectivity index (χ2n) is 4.22. The molecule has 2 N–H and O–H groups in total. The lowest BCUT2D eigenvalue weighted by Crippen LogP contribution is -2.16. The zero-order valence-electron chi connectivity index (χ0n) is 10.3. The third-order valence-corrected chi connectivity index (χ3v) is 2.87. The minimum absolute atomic E-state index is 0.0642. The Kier molecular flexibility index (Phi) is 3.54. The van der Waals surface area contributed by atoms with Crippen LogP contribution >= 0.6 is 0 Å². The van der Waals surface area contributed by atoms with Crippen molar-refractivity contribution in [1.82, 2.24) is 14.8 Å². The van der Waals surface area contributed by atoms with Crippen molar-refractivity contribution in [3.63, 3.8) is 0 Å². The standard InChI is InChI=1S/C13H18N4/c1-3-17-9-11(8-16-17)7-12(14)13-10(2)5-4-6-15-13/h4-6,8-9,12H,3,7,14H2,1-2H3. The van der Waals surface area contributed by atoms with Gasteiger partial charge in [-0.1, -0.05) is 6.07 Å². The third kappa shape index (κ3) is 2.71. The van der Waals surface area contributed by atoms with Gasteiger partial charge in [-0.05, 0) is 37.5 Å². The van der Waals surface area contributed by atoms with Crippen molar-refractivity contribution in [1.29, 1.82) is 0 Å². The molecule has 0 amide bonds. The lowest BCUT2D eigenvalue weighted by Gasteiger charge is -2.12. The number of aryl methyl sites for hydroxylation is 2. The van der Waals surface area contributed by atoms with Crippen LogP contribution in [0.5, 0.6) is 0 Å². The Morgan fingerprint density at radius 1 is 1.47 bits per heavy atom. The number of aromatic nitrogens is 3. The minimum atomic E-state index is -0.0642. The Balaban J connectivity index is 2.11. The Labute approximate surface area is 101 Å². The van der Waals surface area contributed by atoms with Crippen molar-refractivity contribution in [2.75, 3.05) is 0 Å². The van der Waals surface area contributed by atoms with Crippen LogP contribution in [-0.4, -0.2) is 14.8 Å². The Morgan fingerprint density at radius 3 is 2.94 bits per heavy atom. The highest BCUT2D eigenvalue weighted by Crippen LogP contribution is 2.16. The third-order valence-electron chi connectivity index (χ3n) is 2.87. The molecule has 1 unspecified atom stereocenters. The molecule has 0 aliphatic rings. The summed E-state index contributed by atoms with van der Waals surface area (Å²) in [6, 6.07) is 3.91. The normalized spacial score (nSPS) is 12.6. The first kappa shape index (κ1) is 11.8. The number of nitrogens with zero attached hydrogens (tertiary/aromatic N) is 3. The smallest absolute Gasteiger partial charge is 0.0603 e. The maximum Gasteiger partial charge on any atom is 0.0603 e. The van der Waals surface area contributed by atoms with Crippen LogP contribution in [0, 0.1) is 6.92 Å². The van der Waals surface area contributed by atoms with Gasteiger partial charge in [0.1, 0.15) is 0 Å². The van der Waals surface area contributed by atoms with Gasteiger partial charge in [-0.15, -0.1) is 0 Å². The summed E-state index contributed by atoms with van der Waals surface area (Å²) < 4.78 is 1.91. The average molecular weight is 230 g/mol. The summed E-state index contributed by atoms with van der Waals surface area (Å²) in [4.78, 5) is 4.35. The maximum atomic E-state index is 6.18. The molecule has 4 heteroatoms. The van der Waals surface area contributed by atoms with E-state index in [2.05, 4.69) is 17.0 Å². The Hall–Kier alpha value is -1.68. The van der Waals surface area contributed by atoms with Crippen molar-refractivity contribution >= 4 is 0 Å². The molecule has 2 heterocycles. The highest BCUT2D eigenvalue weighted by molar-refractivity contribution is 5.22. The van der Waals surface area contributed by atoms with Gasteiger partial charge in [-0.2, -0.15) is 5.10 Å². The predicted octanol–water partition coefficient (Wildman–Crippen LogP) is 1.85. The Bertz CT molecular complexity index is 490. The molecule has 0 bridgehead atoms. The van der Waals surface area contributed by atoms with Gasteiger partial charge in [-0.3, -0.25) is 9.67 Å². The van der Waals surface area contributed by atoms with Crippen molar-refractivity contribution in [3.05, 3.63) is 47.5 Å². The van der Waals surface area contributed by atoms with Gasteiger partial charge in [0, 0.05) is 18.9 Å². The van der Waals surface area contributed by atoms with Gasteiger partial charge < -0.3 is 5.73 Å². The molecule has 0 fully saturated rings. The van der Waals surface area contributed by atoms with E-state index in [0.29, 0.717) is 0 Å².